The number of hydrogen-bond acceptors (Lipinski definition) is 5. The van der Waals surface area contributed by atoms with Crippen LogP contribution in [0.3, 0.4) is 0 Å². The molecule has 7 nitrogen and oxygen atoms in total. The Morgan fingerprint density at radius 3 is 2.65 bits per heavy atom. The van der Waals surface area contributed by atoms with Gasteiger partial charge < -0.3 is 9.47 Å². The summed E-state index contributed by atoms with van der Waals surface area (Å²) in [5, 5.41) is 0. The summed E-state index contributed by atoms with van der Waals surface area (Å²) in [4.78, 5) is 2.27. The molecule has 2 aliphatic rings. The zero-order valence-corrected chi connectivity index (χ0v) is 14.1. The van der Waals surface area contributed by atoms with E-state index in [1.54, 1.807) is 18.2 Å². The van der Waals surface area contributed by atoms with E-state index in [1.165, 1.54) is 7.05 Å². The Bertz CT molecular complexity index is 672. The second-order valence-corrected chi connectivity index (χ2v) is 7.28. The highest BCUT2D eigenvalue weighted by Gasteiger charge is 2.38. The molecule has 1 aromatic carbocycles. The minimum absolute atomic E-state index is 0.0508. The van der Waals surface area contributed by atoms with Crippen LogP contribution in [-0.4, -0.2) is 57.4 Å². The largest absolute Gasteiger partial charge is 0.474 e. The number of nitrogens with zero attached hydrogens (tertiary/aromatic N) is 2. The molecule has 0 spiro atoms. The fourth-order valence-corrected chi connectivity index (χ4v) is 3.59. The summed E-state index contributed by atoms with van der Waals surface area (Å²) >= 11 is 0. The molecule has 8 heteroatoms. The monoisotopic (exact) mass is 342 g/mol. The van der Waals surface area contributed by atoms with Gasteiger partial charge in [0.2, 0.25) is 0 Å². The summed E-state index contributed by atoms with van der Waals surface area (Å²) in [5.41, 5.74) is 1.41. The van der Waals surface area contributed by atoms with Gasteiger partial charge in [0.15, 0.2) is 6.23 Å². The zero-order chi connectivity index (χ0) is 16.6. The topological polar surface area (TPSA) is 79.3 Å². The van der Waals surface area contributed by atoms with Crippen LogP contribution in [0.2, 0.25) is 0 Å². The lowest BCUT2D eigenvalue weighted by Gasteiger charge is -2.34. The molecule has 3 rings (SSSR count). The van der Waals surface area contributed by atoms with Gasteiger partial charge in [0.1, 0.15) is 5.75 Å². The fraction of sp³-hybridized carbons (Fsp3) is 0.600. The lowest BCUT2D eigenvalue weighted by molar-refractivity contribution is -0.0468. The molecule has 1 N–H and O–H groups in total. The van der Waals surface area contributed by atoms with Crippen molar-refractivity contribution in [2.24, 2.45) is 0 Å². The van der Waals surface area contributed by atoms with Crippen molar-refractivity contribution in [3.8, 4) is 5.75 Å². The number of morpholine rings is 1. The molecule has 1 fully saturated rings. The summed E-state index contributed by atoms with van der Waals surface area (Å²) in [5.74, 6) is 0.943. The molecule has 128 valence electrons. The van der Waals surface area contributed by atoms with E-state index in [2.05, 4.69) is 11.8 Å². The van der Waals surface area contributed by atoms with E-state index < -0.39 is 10.3 Å². The van der Waals surface area contributed by atoms with Gasteiger partial charge in [-0.1, -0.05) is 6.92 Å². The molecule has 2 atom stereocenters. The molecule has 1 aromatic rings. The van der Waals surface area contributed by atoms with Crippen molar-refractivity contribution in [1.29, 1.82) is 0 Å². The molecule has 2 aliphatic heterocycles. The lowest BCUT2D eigenvalue weighted by atomic mass is 9.95. The second kappa shape index (κ2) is 6.27. The number of anilines is 1. The Morgan fingerprint density at radius 2 is 2.04 bits per heavy atom. The standard InChI is InChI=1S/C15H22N2O5S/c1-3-12-13-10-11(16(2)23(18,19)20)4-5-14(13)22-15(12)17-6-8-21-9-7-17/h4-5,10,12,15H,3,6-9H2,1-2H3,(H,18,19,20). The molecule has 0 bridgehead atoms. The average Bonchev–Trinajstić information content (AvgIpc) is 2.91. The molecule has 2 unspecified atom stereocenters. The van der Waals surface area contributed by atoms with Gasteiger partial charge in [-0.15, -0.1) is 0 Å². The Hall–Kier alpha value is -1.35. The first-order chi connectivity index (χ1) is 10.9. The number of hydrogen-bond donors (Lipinski definition) is 1. The van der Waals surface area contributed by atoms with Gasteiger partial charge >= 0.3 is 10.3 Å². The van der Waals surface area contributed by atoms with Crippen molar-refractivity contribution in [2.75, 3.05) is 37.7 Å². The Morgan fingerprint density at radius 1 is 1.35 bits per heavy atom. The third-order valence-electron chi connectivity index (χ3n) is 4.54. The fourth-order valence-electron chi connectivity index (χ4n) is 3.21. The second-order valence-electron chi connectivity index (χ2n) is 5.84. The first kappa shape index (κ1) is 16.5. The molecular weight excluding hydrogens is 320 g/mol. The summed E-state index contributed by atoms with van der Waals surface area (Å²) in [6.45, 7) is 5.14. The summed E-state index contributed by atoms with van der Waals surface area (Å²) in [6.07, 6.45) is 0.832. The number of fused-ring (bicyclic) bond motifs is 1. The molecule has 23 heavy (non-hydrogen) atoms. The maximum atomic E-state index is 11.3. The van der Waals surface area contributed by atoms with E-state index >= 15 is 0 Å². The van der Waals surface area contributed by atoms with Crippen LogP contribution in [0.25, 0.3) is 0 Å². The van der Waals surface area contributed by atoms with Crippen LogP contribution in [0.15, 0.2) is 18.2 Å². The SMILES string of the molecule is CCC1c2cc(N(C)S(=O)(=O)O)ccc2OC1N1CCOCC1. The van der Waals surface area contributed by atoms with Crippen molar-refractivity contribution in [1.82, 2.24) is 4.90 Å². The number of ether oxygens (including phenoxy) is 2. The molecule has 1 saturated heterocycles. The quantitative estimate of drug-likeness (QED) is 0.835. The highest BCUT2D eigenvalue weighted by molar-refractivity contribution is 7.87. The molecule has 0 amide bonds. The van der Waals surface area contributed by atoms with Crippen LogP contribution in [0.1, 0.15) is 24.8 Å². The van der Waals surface area contributed by atoms with Crippen LogP contribution in [0.5, 0.6) is 5.75 Å². The predicted molar refractivity (Wildman–Crippen MR) is 86.2 cm³/mol. The van der Waals surface area contributed by atoms with Crippen molar-refractivity contribution in [2.45, 2.75) is 25.5 Å². The third kappa shape index (κ3) is 3.16. The van der Waals surface area contributed by atoms with Gasteiger partial charge in [0, 0.05) is 31.6 Å². The molecular formula is C15H22N2O5S. The van der Waals surface area contributed by atoms with Crippen molar-refractivity contribution < 1.29 is 22.4 Å². The number of benzene rings is 1. The van der Waals surface area contributed by atoms with E-state index in [0.717, 1.165) is 35.1 Å². The van der Waals surface area contributed by atoms with E-state index in [1.807, 2.05) is 0 Å². The molecule has 0 aliphatic carbocycles. The van der Waals surface area contributed by atoms with E-state index in [9.17, 15) is 13.0 Å². The van der Waals surface area contributed by atoms with Crippen molar-refractivity contribution in [3.05, 3.63) is 23.8 Å². The van der Waals surface area contributed by atoms with E-state index in [0.29, 0.717) is 18.9 Å². The van der Waals surface area contributed by atoms with Crippen LogP contribution >= 0.6 is 0 Å². The maximum Gasteiger partial charge on any atom is 0.359 e. The van der Waals surface area contributed by atoms with Gasteiger partial charge in [-0.05, 0) is 24.6 Å². The molecule has 0 aromatic heterocycles. The molecule has 2 heterocycles. The number of rotatable bonds is 4. The normalized spacial score (nSPS) is 25.0. The van der Waals surface area contributed by atoms with Gasteiger partial charge in [-0.3, -0.25) is 13.8 Å². The zero-order valence-electron chi connectivity index (χ0n) is 13.3. The minimum atomic E-state index is -4.27. The molecule has 0 saturated carbocycles. The van der Waals surface area contributed by atoms with Crippen molar-refractivity contribution in [3.63, 3.8) is 0 Å². The van der Waals surface area contributed by atoms with Gasteiger partial charge in [-0.2, -0.15) is 8.42 Å². The predicted octanol–water partition coefficient (Wildman–Crippen LogP) is 1.47. The van der Waals surface area contributed by atoms with Crippen LogP contribution in [0.4, 0.5) is 5.69 Å². The van der Waals surface area contributed by atoms with Crippen molar-refractivity contribution >= 4 is 16.0 Å². The Balaban J connectivity index is 1.89. The summed E-state index contributed by atoms with van der Waals surface area (Å²) in [6, 6.07) is 5.20. The third-order valence-corrected chi connectivity index (χ3v) is 5.44. The van der Waals surface area contributed by atoms with Crippen LogP contribution < -0.4 is 9.04 Å². The first-order valence-electron chi connectivity index (χ1n) is 7.75. The first-order valence-corrected chi connectivity index (χ1v) is 9.15. The summed E-state index contributed by atoms with van der Waals surface area (Å²) in [7, 11) is -2.94. The Kier molecular flexibility index (Phi) is 4.50. The average molecular weight is 342 g/mol. The van der Waals surface area contributed by atoms with Gasteiger partial charge in [0.05, 0.1) is 18.9 Å². The van der Waals surface area contributed by atoms with E-state index in [4.69, 9.17) is 9.47 Å². The van der Waals surface area contributed by atoms with Crippen LogP contribution in [-0.2, 0) is 15.0 Å². The van der Waals surface area contributed by atoms with E-state index in [-0.39, 0.29) is 12.1 Å². The Labute approximate surface area is 136 Å². The summed E-state index contributed by atoms with van der Waals surface area (Å²) < 4.78 is 44.2. The highest BCUT2D eigenvalue weighted by atomic mass is 32.2. The maximum absolute atomic E-state index is 11.3. The van der Waals surface area contributed by atoms with Gasteiger partial charge in [-0.25, -0.2) is 0 Å². The lowest BCUT2D eigenvalue weighted by Crippen LogP contribution is -2.47. The van der Waals surface area contributed by atoms with Gasteiger partial charge in [0.25, 0.3) is 0 Å². The highest BCUT2D eigenvalue weighted by Crippen LogP contribution is 2.43. The molecule has 0 radical (unpaired) electrons. The minimum Gasteiger partial charge on any atom is -0.474 e. The smallest absolute Gasteiger partial charge is 0.359 e. The van der Waals surface area contributed by atoms with Crippen LogP contribution in [0, 0.1) is 0 Å².